The van der Waals surface area contributed by atoms with Crippen LogP contribution in [0.3, 0.4) is 0 Å². The van der Waals surface area contributed by atoms with Crippen molar-refractivity contribution in [1.29, 1.82) is 0 Å². The summed E-state index contributed by atoms with van der Waals surface area (Å²) >= 11 is 6.01. The lowest BCUT2D eigenvalue weighted by Crippen LogP contribution is -2.47. The summed E-state index contributed by atoms with van der Waals surface area (Å²) in [5.41, 5.74) is 0.963. The smallest absolute Gasteiger partial charge is 0.410 e. The van der Waals surface area contributed by atoms with E-state index >= 15 is 0 Å². The number of rotatable bonds is 4. The Morgan fingerprint density at radius 3 is 2.58 bits per heavy atom. The van der Waals surface area contributed by atoms with Crippen molar-refractivity contribution in [3.63, 3.8) is 0 Å². The number of carbonyl (C=O) groups is 1. The van der Waals surface area contributed by atoms with E-state index in [2.05, 4.69) is 18.3 Å². The lowest BCUT2D eigenvalue weighted by Gasteiger charge is -2.40. The standard InChI is InChI=1S/C19H29ClN2O2/c1-18(2,3)24-17(23)22-10-8-19(4,9-11-22)14-21-13-15-6-5-7-16(20)12-15/h5-7,12,21H,8-11,13-14H2,1-4H3. The molecule has 0 aliphatic carbocycles. The highest BCUT2D eigenvalue weighted by Gasteiger charge is 2.33. The van der Waals surface area contributed by atoms with Crippen LogP contribution in [0, 0.1) is 5.41 Å². The van der Waals surface area contributed by atoms with Gasteiger partial charge in [-0.05, 0) is 56.7 Å². The van der Waals surface area contributed by atoms with Gasteiger partial charge in [-0.15, -0.1) is 0 Å². The van der Waals surface area contributed by atoms with Crippen LogP contribution < -0.4 is 5.32 Å². The molecule has 1 heterocycles. The van der Waals surface area contributed by atoms with Gasteiger partial charge in [0.1, 0.15) is 5.60 Å². The first-order valence-electron chi connectivity index (χ1n) is 8.60. The first kappa shape index (κ1) is 19.1. The molecular formula is C19H29ClN2O2. The maximum atomic E-state index is 12.1. The minimum absolute atomic E-state index is 0.198. The quantitative estimate of drug-likeness (QED) is 0.869. The molecule has 1 saturated heterocycles. The Labute approximate surface area is 150 Å². The largest absolute Gasteiger partial charge is 0.444 e. The van der Waals surface area contributed by atoms with Gasteiger partial charge in [-0.1, -0.05) is 30.7 Å². The van der Waals surface area contributed by atoms with Crippen molar-refractivity contribution in [2.24, 2.45) is 5.41 Å². The van der Waals surface area contributed by atoms with Gasteiger partial charge in [0.25, 0.3) is 0 Å². The van der Waals surface area contributed by atoms with Crippen LogP contribution in [0.15, 0.2) is 24.3 Å². The molecule has 1 fully saturated rings. The van der Waals surface area contributed by atoms with E-state index in [-0.39, 0.29) is 11.5 Å². The third-order valence-corrected chi connectivity index (χ3v) is 4.63. The van der Waals surface area contributed by atoms with Crippen molar-refractivity contribution >= 4 is 17.7 Å². The Balaban J connectivity index is 1.76. The van der Waals surface area contributed by atoms with Gasteiger partial charge < -0.3 is 15.0 Å². The van der Waals surface area contributed by atoms with Crippen molar-refractivity contribution in [3.8, 4) is 0 Å². The fraction of sp³-hybridized carbons (Fsp3) is 0.632. The van der Waals surface area contributed by atoms with Gasteiger partial charge in [0.15, 0.2) is 0 Å². The molecule has 0 bridgehead atoms. The fourth-order valence-electron chi connectivity index (χ4n) is 2.89. The molecule has 1 amide bonds. The van der Waals surface area contributed by atoms with Gasteiger partial charge in [-0.25, -0.2) is 4.79 Å². The maximum absolute atomic E-state index is 12.1. The van der Waals surface area contributed by atoms with Crippen molar-refractivity contribution in [2.45, 2.75) is 52.7 Å². The number of carbonyl (C=O) groups excluding carboxylic acids is 1. The second kappa shape index (κ2) is 7.75. The summed E-state index contributed by atoms with van der Waals surface area (Å²) in [6.45, 7) is 11.2. The summed E-state index contributed by atoms with van der Waals surface area (Å²) in [5, 5.41) is 4.30. The van der Waals surface area contributed by atoms with Crippen LogP contribution in [-0.2, 0) is 11.3 Å². The molecule has 0 saturated carbocycles. The maximum Gasteiger partial charge on any atom is 0.410 e. The molecule has 2 rings (SSSR count). The van der Waals surface area contributed by atoms with Crippen molar-refractivity contribution in [3.05, 3.63) is 34.9 Å². The molecule has 134 valence electrons. The number of hydrogen-bond acceptors (Lipinski definition) is 3. The summed E-state index contributed by atoms with van der Waals surface area (Å²) in [7, 11) is 0. The first-order valence-corrected chi connectivity index (χ1v) is 8.98. The van der Waals surface area contributed by atoms with Crippen LogP contribution in [-0.4, -0.2) is 36.2 Å². The fourth-order valence-corrected chi connectivity index (χ4v) is 3.10. The highest BCUT2D eigenvalue weighted by atomic mass is 35.5. The van der Waals surface area contributed by atoms with Gasteiger partial charge in [-0.2, -0.15) is 0 Å². The van der Waals surface area contributed by atoms with Gasteiger partial charge >= 0.3 is 6.09 Å². The van der Waals surface area contributed by atoms with Crippen molar-refractivity contribution < 1.29 is 9.53 Å². The molecule has 0 aromatic heterocycles. The molecule has 1 N–H and O–H groups in total. The number of ether oxygens (including phenoxy) is 1. The number of benzene rings is 1. The Morgan fingerprint density at radius 1 is 1.33 bits per heavy atom. The van der Waals surface area contributed by atoms with E-state index in [0.717, 1.165) is 44.0 Å². The van der Waals surface area contributed by atoms with E-state index < -0.39 is 5.60 Å². The van der Waals surface area contributed by atoms with Crippen LogP contribution in [0.1, 0.15) is 46.1 Å². The molecule has 4 nitrogen and oxygen atoms in total. The van der Waals surface area contributed by atoms with E-state index in [9.17, 15) is 4.79 Å². The SMILES string of the molecule is CC1(CNCc2cccc(Cl)c2)CCN(C(=O)OC(C)(C)C)CC1. The molecular weight excluding hydrogens is 324 g/mol. The van der Waals surface area contributed by atoms with Crippen LogP contribution >= 0.6 is 11.6 Å². The lowest BCUT2D eigenvalue weighted by atomic mass is 9.80. The number of halogens is 1. The molecule has 5 heteroatoms. The second-order valence-electron chi connectivity index (χ2n) is 8.01. The molecule has 1 aromatic carbocycles. The third-order valence-electron chi connectivity index (χ3n) is 4.39. The van der Waals surface area contributed by atoms with Gasteiger partial charge in [-0.3, -0.25) is 0 Å². The van der Waals surface area contributed by atoms with Gasteiger partial charge in [0.05, 0.1) is 0 Å². The molecule has 0 radical (unpaired) electrons. The van der Waals surface area contributed by atoms with Crippen LogP contribution in [0.25, 0.3) is 0 Å². The zero-order chi connectivity index (χ0) is 17.8. The molecule has 0 unspecified atom stereocenters. The summed E-state index contributed by atoms with van der Waals surface area (Å²) in [4.78, 5) is 14.0. The van der Waals surface area contributed by atoms with E-state index in [1.165, 1.54) is 5.56 Å². The van der Waals surface area contributed by atoms with Gasteiger partial charge in [0.2, 0.25) is 0 Å². The Kier molecular flexibility index (Phi) is 6.16. The molecule has 1 aliphatic rings. The number of amides is 1. The van der Waals surface area contributed by atoms with Crippen molar-refractivity contribution in [2.75, 3.05) is 19.6 Å². The predicted octanol–water partition coefficient (Wildman–Crippen LogP) is 4.47. The number of piperidine rings is 1. The molecule has 1 aromatic rings. The minimum Gasteiger partial charge on any atom is -0.444 e. The highest BCUT2D eigenvalue weighted by Crippen LogP contribution is 2.31. The van der Waals surface area contributed by atoms with Crippen LogP contribution in [0.4, 0.5) is 4.79 Å². The Hall–Kier alpha value is -1.26. The Bertz CT molecular complexity index is 561. The zero-order valence-corrected chi connectivity index (χ0v) is 15.9. The molecule has 1 aliphatic heterocycles. The predicted molar refractivity (Wildman–Crippen MR) is 98.3 cm³/mol. The highest BCUT2D eigenvalue weighted by molar-refractivity contribution is 6.30. The zero-order valence-electron chi connectivity index (χ0n) is 15.2. The normalized spacial score (nSPS) is 17.6. The summed E-state index contributed by atoms with van der Waals surface area (Å²) in [6.07, 6.45) is 1.76. The van der Waals surface area contributed by atoms with Crippen LogP contribution in [0.5, 0.6) is 0 Å². The van der Waals surface area contributed by atoms with E-state index in [1.54, 1.807) is 0 Å². The number of nitrogens with zero attached hydrogens (tertiary/aromatic N) is 1. The molecule has 24 heavy (non-hydrogen) atoms. The average molecular weight is 353 g/mol. The summed E-state index contributed by atoms with van der Waals surface area (Å²) in [6, 6.07) is 7.92. The molecule has 0 atom stereocenters. The van der Waals surface area contributed by atoms with Gasteiger partial charge in [0, 0.05) is 31.2 Å². The second-order valence-corrected chi connectivity index (χ2v) is 8.45. The topological polar surface area (TPSA) is 41.6 Å². The number of hydrogen-bond donors (Lipinski definition) is 1. The van der Waals surface area contributed by atoms with E-state index in [4.69, 9.17) is 16.3 Å². The average Bonchev–Trinajstić information content (AvgIpc) is 2.46. The van der Waals surface area contributed by atoms with E-state index in [0.29, 0.717) is 0 Å². The molecule has 0 spiro atoms. The Morgan fingerprint density at radius 2 is 2.00 bits per heavy atom. The number of nitrogens with one attached hydrogen (secondary N) is 1. The first-order chi connectivity index (χ1) is 11.2. The van der Waals surface area contributed by atoms with E-state index in [1.807, 2.05) is 43.9 Å². The minimum atomic E-state index is -0.434. The third kappa shape index (κ3) is 5.99. The summed E-state index contributed by atoms with van der Waals surface area (Å²) < 4.78 is 5.45. The lowest BCUT2D eigenvalue weighted by molar-refractivity contribution is 0.0119. The summed E-state index contributed by atoms with van der Waals surface area (Å²) in [5.74, 6) is 0. The van der Waals surface area contributed by atoms with Crippen LogP contribution in [0.2, 0.25) is 5.02 Å². The number of likely N-dealkylation sites (tertiary alicyclic amines) is 1. The van der Waals surface area contributed by atoms with Crippen molar-refractivity contribution in [1.82, 2.24) is 10.2 Å². The monoisotopic (exact) mass is 352 g/mol.